The number of hydrogen-bond donors (Lipinski definition) is 3. The van der Waals surface area contributed by atoms with Gasteiger partial charge in [-0.05, 0) is 43.0 Å². The molecule has 224 valence electrons. The fourth-order valence-corrected chi connectivity index (χ4v) is 5.32. The Labute approximate surface area is 239 Å². The van der Waals surface area contributed by atoms with Gasteiger partial charge >= 0.3 is 5.97 Å². The largest absolute Gasteiger partial charge is 0.507 e. The van der Waals surface area contributed by atoms with Gasteiger partial charge in [-0.15, -0.1) is 0 Å². The molecule has 2 aromatic carbocycles. The van der Waals surface area contributed by atoms with Crippen LogP contribution in [0.15, 0.2) is 18.2 Å². The number of halogens is 1. The van der Waals surface area contributed by atoms with Crippen LogP contribution in [-0.2, 0) is 33.3 Å². The number of carboxylic acids is 1. The molecule has 0 aliphatic carbocycles. The van der Waals surface area contributed by atoms with Gasteiger partial charge in [0, 0.05) is 29.8 Å². The fraction of sp³-hybridized carbons (Fsp3) is 0.464. The van der Waals surface area contributed by atoms with E-state index >= 15 is 4.39 Å². The van der Waals surface area contributed by atoms with Gasteiger partial charge in [0.15, 0.2) is 23.1 Å². The van der Waals surface area contributed by atoms with E-state index in [1.165, 1.54) is 17.0 Å². The molecule has 0 saturated heterocycles. The van der Waals surface area contributed by atoms with Crippen molar-refractivity contribution in [3.63, 3.8) is 0 Å². The minimum atomic E-state index is -3.97. The number of Topliss-reactive ketones (excluding diaryl/α,β-unsaturated/α-hetero) is 1. The summed E-state index contributed by atoms with van der Waals surface area (Å²) in [4.78, 5) is 26.2. The zero-order chi connectivity index (χ0) is 30.9. The monoisotopic (exact) mass is 593 g/mol. The number of amidine groups is 1. The highest BCUT2D eigenvalue weighted by atomic mass is 32.2. The van der Waals surface area contributed by atoms with Crippen molar-refractivity contribution in [2.75, 3.05) is 32.6 Å². The standard InChI is InChI=1S/C28H36FN3O8S/c1-7-39-21-11-17-12-31(27(30)23(17)24(29)26(21)40-8-2)14-20(33)16-9-18(25(36)19(10-16)28(3,4)5)13-32(15-22(34)35)41(6,37)38/h9-11,30,36H,7-8,12-15H2,1-6H3,(H,34,35). The summed E-state index contributed by atoms with van der Waals surface area (Å²) in [6, 6.07) is 4.42. The first-order valence-electron chi connectivity index (χ1n) is 13.0. The molecule has 3 rings (SSSR count). The van der Waals surface area contributed by atoms with E-state index in [0.29, 0.717) is 15.4 Å². The maximum atomic E-state index is 15.4. The number of carboxylic acid groups (broad SMARTS) is 1. The number of benzene rings is 2. The van der Waals surface area contributed by atoms with Gasteiger partial charge in [-0.25, -0.2) is 12.8 Å². The zero-order valence-corrected chi connectivity index (χ0v) is 24.8. The predicted octanol–water partition coefficient (Wildman–Crippen LogP) is 3.50. The average molecular weight is 594 g/mol. The van der Waals surface area contributed by atoms with E-state index in [-0.39, 0.29) is 66.1 Å². The lowest BCUT2D eigenvalue weighted by molar-refractivity contribution is -0.137. The van der Waals surface area contributed by atoms with E-state index in [9.17, 15) is 28.2 Å². The molecule has 0 unspecified atom stereocenters. The first kappa shape index (κ1) is 31.8. The summed E-state index contributed by atoms with van der Waals surface area (Å²) in [6.45, 7) is 7.78. The minimum absolute atomic E-state index is 0.0175. The molecule has 2 aromatic rings. The van der Waals surface area contributed by atoms with Crippen LogP contribution in [0.4, 0.5) is 4.39 Å². The Balaban J connectivity index is 1.99. The third-order valence-electron chi connectivity index (χ3n) is 6.55. The number of ketones is 1. The molecule has 0 bridgehead atoms. The van der Waals surface area contributed by atoms with Crippen molar-refractivity contribution >= 4 is 27.6 Å². The first-order chi connectivity index (χ1) is 19.0. The van der Waals surface area contributed by atoms with E-state index in [1.54, 1.807) is 40.7 Å². The average Bonchev–Trinajstić information content (AvgIpc) is 3.15. The molecule has 0 fully saturated rings. The van der Waals surface area contributed by atoms with E-state index in [4.69, 9.17) is 14.9 Å². The highest BCUT2D eigenvalue weighted by molar-refractivity contribution is 7.88. The minimum Gasteiger partial charge on any atom is -0.507 e. The molecule has 0 saturated carbocycles. The van der Waals surface area contributed by atoms with Gasteiger partial charge in [0.1, 0.15) is 18.1 Å². The molecule has 13 heteroatoms. The van der Waals surface area contributed by atoms with Crippen molar-refractivity contribution in [1.29, 1.82) is 5.41 Å². The van der Waals surface area contributed by atoms with Crippen LogP contribution in [0.25, 0.3) is 0 Å². The Morgan fingerprint density at radius 1 is 1.15 bits per heavy atom. The smallest absolute Gasteiger partial charge is 0.318 e. The molecular formula is C28H36FN3O8S. The van der Waals surface area contributed by atoms with E-state index < -0.39 is 46.1 Å². The summed E-state index contributed by atoms with van der Waals surface area (Å²) >= 11 is 0. The van der Waals surface area contributed by atoms with E-state index in [1.807, 2.05) is 0 Å². The Bertz CT molecular complexity index is 1480. The fourth-order valence-electron chi connectivity index (χ4n) is 4.60. The molecule has 0 aromatic heterocycles. The summed E-state index contributed by atoms with van der Waals surface area (Å²) < 4.78 is 51.6. The van der Waals surface area contributed by atoms with Crippen LogP contribution in [0.1, 0.15) is 67.2 Å². The van der Waals surface area contributed by atoms with Crippen molar-refractivity contribution in [1.82, 2.24) is 9.21 Å². The van der Waals surface area contributed by atoms with Gasteiger partial charge in [0.2, 0.25) is 10.0 Å². The molecule has 3 N–H and O–H groups in total. The van der Waals surface area contributed by atoms with E-state index in [0.717, 1.165) is 6.26 Å². The number of phenols is 1. The van der Waals surface area contributed by atoms with Crippen LogP contribution in [0.3, 0.4) is 0 Å². The van der Waals surface area contributed by atoms with E-state index in [2.05, 4.69) is 0 Å². The molecule has 1 heterocycles. The molecule has 1 aliphatic heterocycles. The summed E-state index contributed by atoms with van der Waals surface area (Å²) in [5, 5.41) is 28.8. The Hall–Kier alpha value is -3.71. The van der Waals surface area contributed by atoms with Crippen molar-refractivity contribution < 1.29 is 42.1 Å². The summed E-state index contributed by atoms with van der Waals surface area (Å²) in [5.41, 5.74) is 0.357. The van der Waals surface area contributed by atoms with Gasteiger partial charge in [0.05, 0.1) is 31.6 Å². The lowest BCUT2D eigenvalue weighted by Crippen LogP contribution is -2.34. The second kappa shape index (κ2) is 12.0. The number of fused-ring (bicyclic) bond motifs is 1. The molecule has 1 aliphatic rings. The van der Waals surface area contributed by atoms with Crippen LogP contribution in [-0.4, -0.2) is 78.0 Å². The number of sulfonamides is 1. The van der Waals surface area contributed by atoms with Crippen molar-refractivity contribution in [2.45, 2.75) is 53.1 Å². The highest BCUT2D eigenvalue weighted by Crippen LogP contribution is 2.39. The van der Waals surface area contributed by atoms with Gasteiger partial charge in [0.25, 0.3) is 0 Å². The van der Waals surface area contributed by atoms with Gasteiger partial charge < -0.3 is 24.6 Å². The van der Waals surface area contributed by atoms with Crippen LogP contribution < -0.4 is 9.47 Å². The number of hydrogen-bond acceptors (Lipinski definition) is 8. The number of nitrogens with one attached hydrogen (secondary N) is 1. The molecule has 0 radical (unpaired) electrons. The number of ether oxygens (including phenoxy) is 2. The Morgan fingerprint density at radius 2 is 1.78 bits per heavy atom. The molecule has 41 heavy (non-hydrogen) atoms. The lowest BCUT2D eigenvalue weighted by atomic mass is 9.83. The first-order valence-corrected chi connectivity index (χ1v) is 14.9. The maximum Gasteiger partial charge on any atom is 0.318 e. The van der Waals surface area contributed by atoms with Crippen LogP contribution in [0, 0.1) is 11.2 Å². The number of aliphatic carboxylic acids is 1. The normalized spacial score (nSPS) is 13.5. The Morgan fingerprint density at radius 3 is 2.32 bits per heavy atom. The second-order valence-electron chi connectivity index (χ2n) is 10.8. The summed E-state index contributed by atoms with van der Waals surface area (Å²) in [7, 11) is -3.97. The van der Waals surface area contributed by atoms with Gasteiger partial charge in [-0.2, -0.15) is 4.31 Å². The predicted molar refractivity (Wildman–Crippen MR) is 150 cm³/mol. The SMILES string of the molecule is CCOc1cc2c(c(F)c1OCC)C(=N)N(CC(=O)c1cc(CN(CC(=O)O)S(C)(=O)=O)c(O)c(C(C)(C)C)c1)C2. The molecule has 0 spiro atoms. The maximum absolute atomic E-state index is 15.4. The molecule has 0 amide bonds. The number of rotatable bonds is 12. The van der Waals surface area contributed by atoms with Gasteiger partial charge in [-0.3, -0.25) is 15.0 Å². The number of nitrogens with zero attached hydrogens (tertiary/aromatic N) is 2. The van der Waals surface area contributed by atoms with Crippen molar-refractivity contribution in [3.8, 4) is 17.2 Å². The Kier molecular flexibility index (Phi) is 9.34. The number of aromatic hydroxyl groups is 1. The number of carbonyl (C=O) groups excluding carboxylic acids is 1. The number of phenolic OH excluding ortho intramolecular Hbond substituents is 1. The third-order valence-corrected chi connectivity index (χ3v) is 7.75. The zero-order valence-electron chi connectivity index (χ0n) is 24.0. The lowest BCUT2D eigenvalue weighted by Gasteiger charge is -2.25. The topological polar surface area (TPSA) is 158 Å². The molecular weight excluding hydrogens is 557 g/mol. The third kappa shape index (κ3) is 6.96. The van der Waals surface area contributed by atoms with Crippen LogP contribution >= 0.6 is 0 Å². The summed E-state index contributed by atoms with van der Waals surface area (Å²) in [6.07, 6.45) is 0.858. The molecule has 0 atom stereocenters. The highest BCUT2D eigenvalue weighted by Gasteiger charge is 2.34. The number of carbonyl (C=O) groups is 2. The van der Waals surface area contributed by atoms with Crippen molar-refractivity contribution in [3.05, 3.63) is 51.8 Å². The van der Waals surface area contributed by atoms with Crippen LogP contribution in [0.2, 0.25) is 0 Å². The molecule has 11 nitrogen and oxygen atoms in total. The van der Waals surface area contributed by atoms with Crippen LogP contribution in [0.5, 0.6) is 17.2 Å². The quantitative estimate of drug-likeness (QED) is 0.313. The second-order valence-corrected chi connectivity index (χ2v) is 12.7. The van der Waals surface area contributed by atoms with Gasteiger partial charge in [-0.1, -0.05) is 20.8 Å². The summed E-state index contributed by atoms with van der Waals surface area (Å²) in [5.74, 6) is -2.92. The van der Waals surface area contributed by atoms with Crippen molar-refractivity contribution in [2.24, 2.45) is 0 Å².